The van der Waals surface area contributed by atoms with Crippen LogP contribution in [0.15, 0.2) is 72.8 Å². The molecular weight excluding hydrogens is 510 g/mol. The molecule has 2 fully saturated rings. The summed E-state index contributed by atoms with van der Waals surface area (Å²) in [6, 6.07) is 22.9. The van der Waals surface area contributed by atoms with Crippen LogP contribution in [0.1, 0.15) is 38.6 Å². The first-order valence-electron chi connectivity index (χ1n) is 13.6. The second-order valence-electron chi connectivity index (χ2n) is 10.7. The molecule has 8 heteroatoms. The second kappa shape index (κ2) is 12.2. The van der Waals surface area contributed by atoms with E-state index in [9.17, 15) is 9.59 Å². The number of likely N-dealkylation sites (N-methyl/N-ethyl adjacent to an activating group) is 1. The van der Waals surface area contributed by atoms with Gasteiger partial charge in [-0.2, -0.15) is 0 Å². The smallest absolute Gasteiger partial charge is 0.255 e. The number of piperazine rings is 1. The quantitative estimate of drug-likeness (QED) is 0.412. The Hall–Kier alpha value is -3.39. The minimum atomic E-state index is -0.257. The molecule has 2 N–H and O–H groups in total. The van der Waals surface area contributed by atoms with Gasteiger partial charge in [0.05, 0.1) is 11.4 Å². The normalized spacial score (nSPS) is 19.1. The summed E-state index contributed by atoms with van der Waals surface area (Å²) < 4.78 is 0. The van der Waals surface area contributed by atoms with Crippen LogP contribution in [-0.4, -0.2) is 81.0 Å². The molecule has 2 atom stereocenters. The van der Waals surface area contributed by atoms with Crippen LogP contribution in [0.5, 0.6) is 0 Å². The number of nitrogens with one attached hydrogen (secondary N) is 2. The summed E-state index contributed by atoms with van der Waals surface area (Å²) in [5, 5.41) is 6.74. The molecule has 1 saturated heterocycles. The van der Waals surface area contributed by atoms with E-state index >= 15 is 0 Å². The Morgan fingerprint density at radius 1 is 0.897 bits per heavy atom. The first-order chi connectivity index (χ1) is 18.9. The van der Waals surface area contributed by atoms with Crippen LogP contribution in [0.3, 0.4) is 0 Å². The largest absolute Gasteiger partial charge is 0.367 e. The lowest BCUT2D eigenvalue weighted by atomic mass is 10.1. The Labute approximate surface area is 235 Å². The maximum absolute atomic E-state index is 13.2. The Morgan fingerprint density at radius 2 is 1.64 bits per heavy atom. The SMILES string of the molecule is CN(C)CCN1CCN(c2ccc(C(=O)N[C@@H]3C[C@H]3c3ccccc3)cc2NC(=O)c2cccc(Cl)c2)CC1. The summed E-state index contributed by atoms with van der Waals surface area (Å²) in [4.78, 5) is 33.3. The molecule has 1 heterocycles. The minimum Gasteiger partial charge on any atom is -0.367 e. The van der Waals surface area contributed by atoms with E-state index < -0.39 is 0 Å². The van der Waals surface area contributed by atoms with Crippen LogP contribution in [0.4, 0.5) is 11.4 Å². The zero-order valence-corrected chi connectivity index (χ0v) is 23.3. The lowest BCUT2D eigenvalue weighted by Crippen LogP contribution is -2.48. The Balaban J connectivity index is 1.32. The van der Waals surface area contributed by atoms with Crippen molar-refractivity contribution in [3.8, 4) is 0 Å². The molecule has 2 aliphatic rings. The van der Waals surface area contributed by atoms with Crippen molar-refractivity contribution in [3.05, 3.63) is 94.5 Å². The van der Waals surface area contributed by atoms with Gasteiger partial charge in [-0.25, -0.2) is 0 Å². The first-order valence-corrected chi connectivity index (χ1v) is 13.9. The molecule has 204 valence electrons. The van der Waals surface area contributed by atoms with Gasteiger partial charge in [0.15, 0.2) is 0 Å². The zero-order valence-electron chi connectivity index (χ0n) is 22.6. The summed E-state index contributed by atoms with van der Waals surface area (Å²) in [5.74, 6) is -0.0378. The molecule has 5 rings (SSSR count). The number of amides is 2. The number of carbonyl (C=O) groups is 2. The van der Waals surface area contributed by atoms with Crippen molar-refractivity contribution in [2.75, 3.05) is 63.6 Å². The average molecular weight is 546 g/mol. The molecule has 3 aromatic carbocycles. The highest BCUT2D eigenvalue weighted by Gasteiger charge is 2.39. The molecule has 0 spiro atoms. The highest BCUT2D eigenvalue weighted by molar-refractivity contribution is 6.31. The Bertz CT molecular complexity index is 1310. The van der Waals surface area contributed by atoms with Crippen LogP contribution in [-0.2, 0) is 0 Å². The van der Waals surface area contributed by atoms with E-state index in [-0.39, 0.29) is 17.9 Å². The van der Waals surface area contributed by atoms with Crippen LogP contribution >= 0.6 is 11.6 Å². The summed E-state index contributed by atoms with van der Waals surface area (Å²) in [5.41, 5.74) is 3.80. The molecule has 0 radical (unpaired) electrons. The third-order valence-electron chi connectivity index (χ3n) is 7.50. The predicted octanol–water partition coefficient (Wildman–Crippen LogP) is 4.56. The van der Waals surface area contributed by atoms with Crippen molar-refractivity contribution in [1.82, 2.24) is 15.1 Å². The topological polar surface area (TPSA) is 67.9 Å². The lowest BCUT2D eigenvalue weighted by Gasteiger charge is -2.37. The van der Waals surface area contributed by atoms with Crippen LogP contribution in [0, 0.1) is 0 Å². The van der Waals surface area contributed by atoms with Crippen molar-refractivity contribution in [3.63, 3.8) is 0 Å². The number of nitrogens with zero attached hydrogens (tertiary/aromatic N) is 3. The van der Waals surface area contributed by atoms with E-state index in [0.29, 0.717) is 27.8 Å². The van der Waals surface area contributed by atoms with Gasteiger partial charge < -0.3 is 20.4 Å². The van der Waals surface area contributed by atoms with E-state index in [1.807, 2.05) is 30.3 Å². The van der Waals surface area contributed by atoms with Gasteiger partial charge in [-0.3, -0.25) is 14.5 Å². The van der Waals surface area contributed by atoms with Gasteiger partial charge >= 0.3 is 0 Å². The third-order valence-corrected chi connectivity index (χ3v) is 7.74. The van der Waals surface area contributed by atoms with E-state index in [4.69, 9.17) is 11.6 Å². The van der Waals surface area contributed by atoms with Gasteiger partial charge in [0.2, 0.25) is 0 Å². The summed E-state index contributed by atoms with van der Waals surface area (Å²) >= 11 is 6.13. The highest BCUT2D eigenvalue weighted by Crippen LogP contribution is 2.41. The van der Waals surface area contributed by atoms with Crippen LogP contribution in [0.25, 0.3) is 0 Å². The first kappa shape index (κ1) is 27.2. The molecule has 0 bridgehead atoms. The lowest BCUT2D eigenvalue weighted by molar-refractivity contribution is 0.0949. The summed E-state index contributed by atoms with van der Waals surface area (Å²) in [6.45, 7) is 5.64. The number of hydrogen-bond acceptors (Lipinski definition) is 5. The van der Waals surface area contributed by atoms with Crippen LogP contribution < -0.4 is 15.5 Å². The average Bonchev–Trinajstić information content (AvgIpc) is 3.71. The second-order valence-corrected chi connectivity index (χ2v) is 11.1. The molecule has 2 amide bonds. The molecule has 1 aliphatic carbocycles. The van der Waals surface area contributed by atoms with Crippen molar-refractivity contribution in [1.29, 1.82) is 0 Å². The molecular formula is C31H36ClN5O2. The number of benzene rings is 3. The molecule has 3 aromatic rings. The number of rotatable bonds is 9. The standard InChI is InChI=1S/C31H36ClN5O2/c1-35(2)13-14-36-15-17-37(18-16-36)29-12-11-24(20-28(29)34-30(38)23-9-6-10-25(32)19-23)31(39)33-27-21-26(27)22-7-4-3-5-8-22/h3-12,19-20,26-27H,13-18,21H2,1-2H3,(H,33,39)(H,34,38)/t26-,27+/m0/s1. The van der Waals surface area contributed by atoms with E-state index in [1.54, 1.807) is 30.3 Å². The fraction of sp³-hybridized carbons (Fsp3) is 0.355. The van der Waals surface area contributed by atoms with Crippen molar-refractivity contribution in [2.24, 2.45) is 0 Å². The van der Waals surface area contributed by atoms with Gasteiger partial charge in [-0.1, -0.05) is 48.0 Å². The maximum Gasteiger partial charge on any atom is 0.255 e. The summed E-state index contributed by atoms with van der Waals surface area (Å²) in [7, 11) is 4.18. The number of carbonyl (C=O) groups excluding carboxylic acids is 2. The van der Waals surface area contributed by atoms with Gasteiger partial charge in [0, 0.05) is 67.4 Å². The number of anilines is 2. The van der Waals surface area contributed by atoms with Gasteiger partial charge in [-0.05, 0) is 62.5 Å². The van der Waals surface area contributed by atoms with Crippen molar-refractivity contribution >= 4 is 34.8 Å². The molecule has 1 saturated carbocycles. The van der Waals surface area contributed by atoms with E-state index in [0.717, 1.165) is 51.4 Å². The Morgan fingerprint density at radius 3 is 2.36 bits per heavy atom. The maximum atomic E-state index is 13.2. The van der Waals surface area contributed by atoms with Crippen molar-refractivity contribution < 1.29 is 9.59 Å². The van der Waals surface area contributed by atoms with Crippen molar-refractivity contribution in [2.45, 2.75) is 18.4 Å². The van der Waals surface area contributed by atoms with Gasteiger partial charge in [0.25, 0.3) is 11.8 Å². The molecule has 0 aromatic heterocycles. The predicted molar refractivity (Wildman–Crippen MR) is 158 cm³/mol. The monoisotopic (exact) mass is 545 g/mol. The van der Waals surface area contributed by atoms with E-state index in [1.165, 1.54) is 5.56 Å². The minimum absolute atomic E-state index is 0.124. The molecule has 39 heavy (non-hydrogen) atoms. The van der Waals surface area contributed by atoms with Gasteiger partial charge in [0.1, 0.15) is 0 Å². The molecule has 7 nitrogen and oxygen atoms in total. The summed E-state index contributed by atoms with van der Waals surface area (Å²) in [6.07, 6.45) is 0.935. The third kappa shape index (κ3) is 6.98. The molecule has 0 unspecified atom stereocenters. The number of halogens is 1. The highest BCUT2D eigenvalue weighted by atomic mass is 35.5. The fourth-order valence-electron chi connectivity index (χ4n) is 5.11. The zero-order chi connectivity index (χ0) is 27.4. The van der Waals surface area contributed by atoms with Gasteiger partial charge in [-0.15, -0.1) is 0 Å². The fourth-order valence-corrected chi connectivity index (χ4v) is 5.30. The Kier molecular flexibility index (Phi) is 8.50. The van der Waals surface area contributed by atoms with Crippen LogP contribution in [0.2, 0.25) is 5.02 Å². The molecule has 1 aliphatic heterocycles. The van der Waals surface area contributed by atoms with E-state index in [2.05, 4.69) is 51.6 Å². The number of hydrogen-bond donors (Lipinski definition) is 2.